The highest BCUT2D eigenvalue weighted by Crippen LogP contribution is 2.16. The molecule has 0 spiro atoms. The average molecular weight is 291 g/mol. The minimum absolute atomic E-state index is 0.0729. The molecule has 6 nitrogen and oxygen atoms in total. The van der Waals surface area contributed by atoms with Crippen molar-refractivity contribution >= 4 is 11.8 Å². The van der Waals surface area contributed by atoms with E-state index in [4.69, 9.17) is 0 Å². The quantitative estimate of drug-likeness (QED) is 0.831. The molecule has 0 bridgehead atoms. The first-order chi connectivity index (χ1) is 9.99. The molecule has 2 amide bonds. The first kappa shape index (κ1) is 15.4. The van der Waals surface area contributed by atoms with E-state index in [0.29, 0.717) is 37.2 Å². The highest BCUT2D eigenvalue weighted by atomic mass is 16.3. The number of carbonyl (C=O) groups excluding carboxylic acids is 2. The number of aromatic nitrogens is 1. The van der Waals surface area contributed by atoms with Gasteiger partial charge in [-0.2, -0.15) is 0 Å². The van der Waals surface area contributed by atoms with Crippen LogP contribution in [-0.2, 0) is 4.79 Å². The molecule has 0 aliphatic carbocycles. The van der Waals surface area contributed by atoms with Gasteiger partial charge in [0, 0.05) is 31.9 Å². The zero-order chi connectivity index (χ0) is 15.4. The lowest BCUT2D eigenvalue weighted by Gasteiger charge is -2.21. The Labute approximate surface area is 124 Å². The number of hydrogen-bond acceptors (Lipinski definition) is 4. The second kappa shape index (κ2) is 6.67. The summed E-state index contributed by atoms with van der Waals surface area (Å²) in [6.07, 6.45) is 2.04. The molecule has 1 aromatic rings. The van der Waals surface area contributed by atoms with Gasteiger partial charge in [-0.25, -0.2) is 0 Å². The maximum Gasteiger partial charge on any atom is 0.255 e. The van der Waals surface area contributed by atoms with Crippen molar-refractivity contribution < 1.29 is 14.7 Å². The maximum absolute atomic E-state index is 12.5. The van der Waals surface area contributed by atoms with Gasteiger partial charge in [-0.3, -0.25) is 14.6 Å². The fourth-order valence-electron chi connectivity index (χ4n) is 2.60. The van der Waals surface area contributed by atoms with Gasteiger partial charge in [0.15, 0.2) is 0 Å². The number of rotatable bonds is 2. The molecule has 1 fully saturated rings. The van der Waals surface area contributed by atoms with E-state index in [9.17, 15) is 14.7 Å². The molecule has 114 valence electrons. The van der Waals surface area contributed by atoms with Crippen LogP contribution in [0.2, 0.25) is 0 Å². The van der Waals surface area contributed by atoms with Gasteiger partial charge in [0.05, 0.1) is 17.7 Å². The van der Waals surface area contributed by atoms with Crippen molar-refractivity contribution in [2.75, 3.05) is 13.1 Å². The molecule has 1 saturated heterocycles. The van der Waals surface area contributed by atoms with E-state index in [1.54, 1.807) is 30.2 Å². The van der Waals surface area contributed by atoms with Crippen molar-refractivity contribution in [2.24, 2.45) is 0 Å². The van der Waals surface area contributed by atoms with Gasteiger partial charge in [0.1, 0.15) is 0 Å². The van der Waals surface area contributed by atoms with E-state index in [1.165, 1.54) is 6.92 Å². The van der Waals surface area contributed by atoms with Crippen molar-refractivity contribution in [1.82, 2.24) is 15.2 Å². The molecule has 2 heterocycles. The summed E-state index contributed by atoms with van der Waals surface area (Å²) < 4.78 is 0. The first-order valence-electron chi connectivity index (χ1n) is 7.15. The lowest BCUT2D eigenvalue weighted by Crippen LogP contribution is -2.42. The Kier molecular flexibility index (Phi) is 4.90. The van der Waals surface area contributed by atoms with Crippen LogP contribution in [0.25, 0.3) is 0 Å². The van der Waals surface area contributed by atoms with Crippen molar-refractivity contribution in [3.63, 3.8) is 0 Å². The van der Waals surface area contributed by atoms with E-state index < -0.39 is 6.10 Å². The number of nitrogens with zero attached hydrogens (tertiary/aromatic N) is 2. The highest BCUT2D eigenvalue weighted by molar-refractivity contribution is 5.95. The number of amides is 2. The van der Waals surface area contributed by atoms with Crippen molar-refractivity contribution in [3.05, 3.63) is 29.6 Å². The lowest BCUT2D eigenvalue weighted by molar-refractivity contribution is -0.120. The minimum atomic E-state index is -0.623. The molecule has 2 rings (SSSR count). The molecule has 1 aromatic heterocycles. The predicted octanol–water partition coefficient (Wildman–Crippen LogP) is 0.492. The molecule has 0 aromatic carbocycles. The number of pyridine rings is 1. The van der Waals surface area contributed by atoms with Crippen LogP contribution in [0.15, 0.2) is 18.3 Å². The average Bonchev–Trinajstić information content (AvgIpc) is 2.61. The van der Waals surface area contributed by atoms with E-state index in [2.05, 4.69) is 10.3 Å². The number of carbonyl (C=O) groups is 2. The number of likely N-dealkylation sites (tertiary alicyclic amines) is 1. The van der Waals surface area contributed by atoms with Crippen LogP contribution in [-0.4, -0.2) is 52.0 Å². The Morgan fingerprint density at radius 3 is 2.76 bits per heavy atom. The molecule has 0 unspecified atom stereocenters. The molecular formula is C15H21N3O3. The van der Waals surface area contributed by atoms with Gasteiger partial charge in [-0.15, -0.1) is 0 Å². The van der Waals surface area contributed by atoms with Crippen molar-refractivity contribution in [3.8, 4) is 0 Å². The van der Waals surface area contributed by atoms with Crippen LogP contribution < -0.4 is 5.32 Å². The van der Waals surface area contributed by atoms with E-state index in [1.807, 2.05) is 0 Å². The standard InChI is InChI=1S/C15H21N3O3/c1-10-12(4-3-7-16-10)15(21)18-8-5-13(17-11(2)19)14(20)6-9-18/h3-4,7,13-14,20H,5-6,8-9H2,1-2H3,(H,17,19)/t13-,14-/m0/s1. The van der Waals surface area contributed by atoms with E-state index >= 15 is 0 Å². The Morgan fingerprint density at radius 2 is 2.10 bits per heavy atom. The zero-order valence-corrected chi connectivity index (χ0v) is 12.4. The van der Waals surface area contributed by atoms with Gasteiger partial charge < -0.3 is 15.3 Å². The summed E-state index contributed by atoms with van der Waals surface area (Å²) in [5.74, 6) is -0.238. The molecule has 1 aliphatic rings. The second-order valence-corrected chi connectivity index (χ2v) is 5.38. The third-order valence-electron chi connectivity index (χ3n) is 3.78. The number of aliphatic hydroxyl groups is 1. The summed E-state index contributed by atoms with van der Waals surface area (Å²) >= 11 is 0. The molecule has 6 heteroatoms. The largest absolute Gasteiger partial charge is 0.391 e. The fraction of sp³-hybridized carbons (Fsp3) is 0.533. The number of aliphatic hydroxyl groups excluding tert-OH is 1. The summed E-state index contributed by atoms with van der Waals surface area (Å²) in [5.41, 5.74) is 1.29. The van der Waals surface area contributed by atoms with Crippen LogP contribution in [0.3, 0.4) is 0 Å². The van der Waals surface area contributed by atoms with Gasteiger partial charge in [0.2, 0.25) is 5.91 Å². The fourth-order valence-corrected chi connectivity index (χ4v) is 2.60. The molecule has 0 radical (unpaired) electrons. The lowest BCUT2D eigenvalue weighted by atomic mass is 10.1. The summed E-state index contributed by atoms with van der Waals surface area (Å²) in [4.78, 5) is 29.5. The molecular weight excluding hydrogens is 270 g/mol. The second-order valence-electron chi connectivity index (χ2n) is 5.38. The SMILES string of the molecule is CC(=O)N[C@H]1CCN(C(=O)c2cccnc2C)CC[C@@H]1O. The molecule has 0 saturated carbocycles. The third kappa shape index (κ3) is 3.78. The zero-order valence-electron chi connectivity index (χ0n) is 12.4. The normalized spacial score (nSPS) is 22.5. The van der Waals surface area contributed by atoms with Crippen molar-refractivity contribution in [1.29, 1.82) is 0 Å². The topological polar surface area (TPSA) is 82.5 Å². The molecule has 2 atom stereocenters. The van der Waals surface area contributed by atoms with Crippen LogP contribution in [0, 0.1) is 6.92 Å². The Morgan fingerprint density at radius 1 is 1.38 bits per heavy atom. The van der Waals surface area contributed by atoms with E-state index in [-0.39, 0.29) is 17.9 Å². The summed E-state index contributed by atoms with van der Waals surface area (Å²) in [6.45, 7) is 4.22. The van der Waals surface area contributed by atoms with Crippen LogP contribution in [0.1, 0.15) is 35.8 Å². The Balaban J connectivity index is 2.07. The van der Waals surface area contributed by atoms with E-state index in [0.717, 1.165) is 0 Å². The van der Waals surface area contributed by atoms with Crippen LogP contribution in [0.4, 0.5) is 0 Å². The van der Waals surface area contributed by atoms with Gasteiger partial charge in [-0.1, -0.05) is 0 Å². The number of hydrogen-bond donors (Lipinski definition) is 2. The molecule has 1 aliphatic heterocycles. The van der Waals surface area contributed by atoms with Crippen molar-refractivity contribution in [2.45, 2.75) is 38.8 Å². The first-order valence-corrected chi connectivity index (χ1v) is 7.15. The van der Waals surface area contributed by atoms with Gasteiger partial charge in [-0.05, 0) is 31.9 Å². The van der Waals surface area contributed by atoms with Gasteiger partial charge >= 0.3 is 0 Å². The Hall–Kier alpha value is -1.95. The highest BCUT2D eigenvalue weighted by Gasteiger charge is 2.28. The summed E-state index contributed by atoms with van der Waals surface area (Å²) in [7, 11) is 0. The number of nitrogens with one attached hydrogen (secondary N) is 1. The van der Waals surface area contributed by atoms with Crippen LogP contribution in [0.5, 0.6) is 0 Å². The molecule has 2 N–H and O–H groups in total. The number of aryl methyl sites for hydroxylation is 1. The predicted molar refractivity (Wildman–Crippen MR) is 77.7 cm³/mol. The third-order valence-corrected chi connectivity index (χ3v) is 3.78. The van der Waals surface area contributed by atoms with Gasteiger partial charge in [0.25, 0.3) is 5.91 Å². The monoisotopic (exact) mass is 291 g/mol. The van der Waals surface area contributed by atoms with Crippen LogP contribution >= 0.6 is 0 Å². The minimum Gasteiger partial charge on any atom is -0.391 e. The Bertz CT molecular complexity index is 533. The summed E-state index contributed by atoms with van der Waals surface area (Å²) in [5, 5.41) is 12.8. The summed E-state index contributed by atoms with van der Waals surface area (Å²) in [6, 6.07) is 3.21. The molecule has 21 heavy (non-hydrogen) atoms. The smallest absolute Gasteiger partial charge is 0.255 e. The maximum atomic E-state index is 12.5.